The highest BCUT2D eigenvalue weighted by atomic mass is 31.2. The Morgan fingerprint density at radius 1 is 1.36 bits per heavy atom. The van der Waals surface area contributed by atoms with E-state index in [-0.39, 0.29) is 11.6 Å². The lowest BCUT2D eigenvalue weighted by atomic mass is 9.87. The Balaban J connectivity index is 2.75. The van der Waals surface area contributed by atoms with E-state index < -0.39 is 7.60 Å². The second kappa shape index (κ2) is 3.93. The molecule has 84 valence electrons. The maximum atomic E-state index is 11.0. The van der Waals surface area contributed by atoms with Gasteiger partial charge in [0.1, 0.15) is 0 Å². The molecule has 0 aromatic heterocycles. The molecule has 0 radical (unpaired) electrons. The van der Waals surface area contributed by atoms with E-state index in [2.05, 4.69) is 13.8 Å². The molecule has 1 saturated carbocycles. The molecular formula is C9H20NO3P. The van der Waals surface area contributed by atoms with Gasteiger partial charge in [0.2, 0.25) is 0 Å². The predicted octanol–water partition coefficient (Wildman–Crippen LogP) is 1.18. The number of hydrogen-bond acceptors (Lipinski definition) is 2. The van der Waals surface area contributed by atoms with Gasteiger partial charge in [-0.15, -0.1) is 0 Å². The Hall–Kier alpha value is 0.110. The first kappa shape index (κ1) is 12.2. The third kappa shape index (κ3) is 2.80. The highest BCUT2D eigenvalue weighted by Gasteiger charge is 2.44. The van der Waals surface area contributed by atoms with E-state index in [1.54, 1.807) is 0 Å². The number of rotatable bonds is 3. The molecule has 0 bridgehead atoms. The van der Waals surface area contributed by atoms with E-state index in [0.29, 0.717) is 18.4 Å². The summed E-state index contributed by atoms with van der Waals surface area (Å²) in [4.78, 5) is 18.0. The normalized spacial score (nSPS) is 38.9. The van der Waals surface area contributed by atoms with Crippen molar-refractivity contribution in [3.8, 4) is 0 Å². The minimum atomic E-state index is -3.93. The van der Waals surface area contributed by atoms with Crippen LogP contribution in [0.4, 0.5) is 0 Å². The zero-order valence-corrected chi connectivity index (χ0v) is 9.70. The molecule has 0 unspecified atom stereocenters. The van der Waals surface area contributed by atoms with Crippen LogP contribution in [0.1, 0.15) is 26.7 Å². The predicted molar refractivity (Wildman–Crippen MR) is 56.0 cm³/mol. The lowest BCUT2D eigenvalue weighted by Gasteiger charge is -2.27. The van der Waals surface area contributed by atoms with Crippen LogP contribution >= 0.6 is 7.60 Å². The minimum Gasteiger partial charge on any atom is -0.330 e. The summed E-state index contributed by atoms with van der Waals surface area (Å²) in [6.45, 7) is 4.64. The molecule has 1 aliphatic carbocycles. The molecule has 4 nitrogen and oxygen atoms in total. The highest BCUT2D eigenvalue weighted by Crippen LogP contribution is 2.52. The van der Waals surface area contributed by atoms with Crippen LogP contribution in [-0.2, 0) is 4.57 Å². The van der Waals surface area contributed by atoms with Crippen LogP contribution in [0.3, 0.4) is 0 Å². The molecule has 0 aromatic rings. The zero-order valence-electron chi connectivity index (χ0n) is 8.81. The maximum absolute atomic E-state index is 11.0. The Labute approximate surface area is 85.0 Å². The molecule has 1 rings (SSSR count). The minimum absolute atomic E-state index is 0.0504. The molecule has 5 heteroatoms. The number of nitrogens with two attached hydrogens (primary N) is 1. The summed E-state index contributed by atoms with van der Waals surface area (Å²) < 4.78 is 11.0. The van der Waals surface area contributed by atoms with E-state index >= 15 is 0 Å². The zero-order chi connectivity index (χ0) is 11.0. The Morgan fingerprint density at radius 2 is 1.79 bits per heavy atom. The summed E-state index contributed by atoms with van der Waals surface area (Å²) in [7, 11) is -3.93. The van der Waals surface area contributed by atoms with Gasteiger partial charge >= 0.3 is 7.60 Å². The third-order valence-electron chi connectivity index (χ3n) is 3.46. The molecule has 1 fully saturated rings. The van der Waals surface area contributed by atoms with Crippen LogP contribution in [0.25, 0.3) is 0 Å². The van der Waals surface area contributed by atoms with Gasteiger partial charge in [0, 0.05) is 0 Å². The van der Waals surface area contributed by atoms with Gasteiger partial charge in [0.05, 0.1) is 6.16 Å². The Kier molecular flexibility index (Phi) is 3.42. The van der Waals surface area contributed by atoms with Crippen molar-refractivity contribution in [3.63, 3.8) is 0 Å². The molecular weight excluding hydrogens is 201 g/mol. The van der Waals surface area contributed by atoms with Gasteiger partial charge < -0.3 is 15.5 Å². The fourth-order valence-corrected chi connectivity index (χ4v) is 3.91. The standard InChI is InChI=1S/C9H20NO3P/c1-7-3-9(5-10,4-8(7)2)6-14(11,12)13/h7-8H,3-6,10H2,1-2H3,(H2,11,12,13)/t7-,8+,9+. The molecule has 1 aliphatic rings. The van der Waals surface area contributed by atoms with E-state index in [9.17, 15) is 4.57 Å². The van der Waals surface area contributed by atoms with Crippen molar-refractivity contribution in [1.29, 1.82) is 0 Å². The van der Waals surface area contributed by atoms with Crippen molar-refractivity contribution in [2.75, 3.05) is 12.7 Å². The summed E-state index contributed by atoms with van der Waals surface area (Å²) in [5.74, 6) is 1.04. The van der Waals surface area contributed by atoms with Crippen molar-refractivity contribution >= 4 is 7.60 Å². The molecule has 14 heavy (non-hydrogen) atoms. The summed E-state index contributed by atoms with van der Waals surface area (Å²) in [5, 5.41) is 0. The smallest absolute Gasteiger partial charge is 0.326 e. The van der Waals surface area contributed by atoms with Crippen molar-refractivity contribution < 1.29 is 14.4 Å². The van der Waals surface area contributed by atoms with Gasteiger partial charge in [0.15, 0.2) is 0 Å². The van der Waals surface area contributed by atoms with E-state index in [4.69, 9.17) is 15.5 Å². The fourth-order valence-electron chi connectivity index (χ4n) is 2.65. The molecule has 0 amide bonds. The van der Waals surface area contributed by atoms with Gasteiger partial charge in [-0.2, -0.15) is 0 Å². The topological polar surface area (TPSA) is 83.6 Å². The maximum Gasteiger partial charge on any atom is 0.326 e. The van der Waals surface area contributed by atoms with E-state index in [0.717, 1.165) is 12.8 Å². The van der Waals surface area contributed by atoms with Gasteiger partial charge in [-0.05, 0) is 36.6 Å². The molecule has 0 aromatic carbocycles. The van der Waals surface area contributed by atoms with Crippen LogP contribution in [-0.4, -0.2) is 22.5 Å². The molecule has 3 atom stereocenters. The van der Waals surface area contributed by atoms with Gasteiger partial charge in [-0.25, -0.2) is 0 Å². The van der Waals surface area contributed by atoms with Gasteiger partial charge in [-0.1, -0.05) is 13.8 Å². The van der Waals surface area contributed by atoms with Crippen molar-refractivity contribution in [2.45, 2.75) is 26.7 Å². The molecule has 0 heterocycles. The SMILES string of the molecule is C[C@@H]1C[C@](CN)(CP(=O)(O)O)C[C@@H]1C. The lowest BCUT2D eigenvalue weighted by molar-refractivity contribution is 0.293. The van der Waals surface area contributed by atoms with Crippen LogP contribution in [0.2, 0.25) is 0 Å². The Bertz CT molecular complexity index is 240. The van der Waals surface area contributed by atoms with Crippen LogP contribution in [0.15, 0.2) is 0 Å². The molecule has 0 aliphatic heterocycles. The highest BCUT2D eigenvalue weighted by molar-refractivity contribution is 7.51. The monoisotopic (exact) mass is 221 g/mol. The lowest BCUT2D eigenvalue weighted by Crippen LogP contribution is -2.31. The molecule has 4 N–H and O–H groups in total. The quantitative estimate of drug-likeness (QED) is 0.625. The average molecular weight is 221 g/mol. The average Bonchev–Trinajstić information content (AvgIpc) is 2.25. The first-order chi connectivity index (χ1) is 6.28. The van der Waals surface area contributed by atoms with Crippen molar-refractivity contribution in [1.82, 2.24) is 0 Å². The fraction of sp³-hybridized carbons (Fsp3) is 1.00. The van der Waals surface area contributed by atoms with Gasteiger partial charge in [0.25, 0.3) is 0 Å². The summed E-state index contributed by atoms with van der Waals surface area (Å²) >= 11 is 0. The number of hydrogen-bond donors (Lipinski definition) is 3. The molecule has 0 saturated heterocycles. The second-order valence-corrected chi connectivity index (χ2v) is 6.54. The summed E-state index contributed by atoms with van der Waals surface area (Å²) in [6.07, 6.45) is 1.64. The van der Waals surface area contributed by atoms with Crippen LogP contribution < -0.4 is 5.73 Å². The Morgan fingerprint density at radius 3 is 2.07 bits per heavy atom. The summed E-state index contributed by atoms with van der Waals surface area (Å²) in [5.41, 5.74) is 5.34. The van der Waals surface area contributed by atoms with Gasteiger partial charge in [-0.3, -0.25) is 4.57 Å². The third-order valence-corrected chi connectivity index (χ3v) is 4.54. The summed E-state index contributed by atoms with van der Waals surface area (Å²) in [6, 6.07) is 0. The first-order valence-electron chi connectivity index (χ1n) is 5.03. The van der Waals surface area contributed by atoms with E-state index in [1.807, 2.05) is 0 Å². The van der Waals surface area contributed by atoms with E-state index in [1.165, 1.54) is 0 Å². The molecule has 0 spiro atoms. The van der Waals surface area contributed by atoms with Crippen LogP contribution in [0, 0.1) is 17.3 Å². The van der Waals surface area contributed by atoms with Crippen molar-refractivity contribution in [2.24, 2.45) is 23.0 Å². The first-order valence-corrected chi connectivity index (χ1v) is 6.82. The van der Waals surface area contributed by atoms with Crippen LogP contribution in [0.5, 0.6) is 0 Å². The largest absolute Gasteiger partial charge is 0.330 e. The van der Waals surface area contributed by atoms with Crippen molar-refractivity contribution in [3.05, 3.63) is 0 Å². The second-order valence-electron chi connectivity index (χ2n) is 4.89.